The van der Waals surface area contributed by atoms with Gasteiger partial charge in [-0.05, 0) is 12.8 Å². The normalized spacial score (nSPS) is 20.0. The summed E-state index contributed by atoms with van der Waals surface area (Å²) < 4.78 is 2.30. The predicted molar refractivity (Wildman–Crippen MR) is 84.3 cm³/mol. The van der Waals surface area contributed by atoms with E-state index < -0.39 is 0 Å². The largest absolute Gasteiger partial charge is 0.370 e. The molecule has 1 fully saturated rings. The summed E-state index contributed by atoms with van der Waals surface area (Å²) in [5.41, 5.74) is 7.21. The average molecular weight is 293 g/mol. The molecule has 0 amide bonds. The second-order valence-electron chi connectivity index (χ2n) is 5.39. The summed E-state index contributed by atoms with van der Waals surface area (Å²) in [6.07, 6.45) is 6.76. The van der Waals surface area contributed by atoms with E-state index in [2.05, 4.69) is 20.7 Å². The molecule has 1 saturated heterocycles. The minimum absolute atomic E-state index is 0.703. The van der Waals surface area contributed by atoms with Gasteiger partial charge < -0.3 is 15.2 Å². The maximum atomic E-state index is 6.05. The van der Waals surface area contributed by atoms with Crippen LogP contribution in [0, 0.1) is 0 Å². The van der Waals surface area contributed by atoms with Crippen LogP contribution in [0.25, 0.3) is 0 Å². The molecule has 0 unspecified atom stereocenters. The van der Waals surface area contributed by atoms with Crippen molar-refractivity contribution in [1.29, 1.82) is 0 Å². The molecule has 3 rings (SSSR count). The number of nitrogens with zero attached hydrogens (tertiary/aromatic N) is 4. The summed E-state index contributed by atoms with van der Waals surface area (Å²) >= 11 is 1.99. The molecule has 1 aromatic rings. The molecule has 1 aromatic heterocycles. The van der Waals surface area contributed by atoms with E-state index in [1.807, 2.05) is 11.8 Å². The third kappa shape index (κ3) is 3.29. The van der Waals surface area contributed by atoms with Crippen molar-refractivity contribution >= 4 is 17.7 Å². The molecular formula is C14H23N5S. The summed E-state index contributed by atoms with van der Waals surface area (Å²) in [4.78, 5) is 11.4. The Hall–Kier alpha value is -1.17. The van der Waals surface area contributed by atoms with Gasteiger partial charge in [0.2, 0.25) is 0 Å². The summed E-state index contributed by atoms with van der Waals surface area (Å²) in [6.45, 7) is 3.92. The summed E-state index contributed by atoms with van der Waals surface area (Å²) in [7, 11) is 0. The highest BCUT2D eigenvalue weighted by atomic mass is 32.2. The molecule has 2 aliphatic rings. The first-order valence-electron chi connectivity index (χ1n) is 7.50. The minimum atomic E-state index is 0.703. The van der Waals surface area contributed by atoms with Crippen molar-refractivity contribution in [2.45, 2.75) is 32.2 Å². The zero-order valence-electron chi connectivity index (χ0n) is 11.9. The Morgan fingerprint density at radius 2 is 2.15 bits per heavy atom. The standard InChI is InChI=1S/C14H23N5S/c15-14(18-7-9-20-10-8-18)16-5-4-12-11-19-6-2-1-3-13(19)17-12/h11H,1-10H2,(H2,15,16). The van der Waals surface area contributed by atoms with E-state index in [1.165, 1.54) is 18.7 Å². The first-order valence-corrected chi connectivity index (χ1v) is 8.66. The molecule has 0 atom stereocenters. The van der Waals surface area contributed by atoms with Gasteiger partial charge >= 0.3 is 0 Å². The minimum Gasteiger partial charge on any atom is -0.370 e. The summed E-state index contributed by atoms with van der Waals surface area (Å²) in [5, 5.41) is 0. The fourth-order valence-electron chi connectivity index (χ4n) is 2.77. The van der Waals surface area contributed by atoms with Crippen molar-refractivity contribution in [2.75, 3.05) is 31.1 Å². The van der Waals surface area contributed by atoms with Crippen LogP contribution in [0.4, 0.5) is 0 Å². The Labute approximate surface area is 124 Å². The van der Waals surface area contributed by atoms with Crippen molar-refractivity contribution in [1.82, 2.24) is 14.5 Å². The molecule has 5 nitrogen and oxygen atoms in total. The number of fused-ring (bicyclic) bond motifs is 1. The van der Waals surface area contributed by atoms with E-state index in [1.54, 1.807) is 0 Å². The Balaban J connectivity index is 1.52. The number of hydrogen-bond donors (Lipinski definition) is 1. The summed E-state index contributed by atoms with van der Waals surface area (Å²) in [6, 6.07) is 0. The molecule has 20 heavy (non-hydrogen) atoms. The second kappa shape index (κ2) is 6.52. The highest BCUT2D eigenvalue weighted by Gasteiger charge is 2.13. The third-order valence-electron chi connectivity index (χ3n) is 3.94. The monoisotopic (exact) mass is 293 g/mol. The van der Waals surface area contributed by atoms with Gasteiger partial charge in [0, 0.05) is 56.7 Å². The molecule has 2 aliphatic heterocycles. The number of imidazole rings is 1. The van der Waals surface area contributed by atoms with Gasteiger partial charge in [0.1, 0.15) is 5.82 Å². The van der Waals surface area contributed by atoms with Gasteiger partial charge in [0.15, 0.2) is 5.96 Å². The lowest BCUT2D eigenvalue weighted by Gasteiger charge is -2.27. The van der Waals surface area contributed by atoms with Gasteiger partial charge in [-0.3, -0.25) is 4.99 Å². The SMILES string of the molecule is NC(=NCCc1cn2c(n1)CCCC2)N1CCSCC1. The lowest BCUT2D eigenvalue weighted by Crippen LogP contribution is -2.42. The van der Waals surface area contributed by atoms with Gasteiger partial charge in [-0.2, -0.15) is 11.8 Å². The van der Waals surface area contributed by atoms with Crippen LogP contribution < -0.4 is 5.73 Å². The molecule has 0 radical (unpaired) electrons. The zero-order chi connectivity index (χ0) is 13.8. The van der Waals surface area contributed by atoms with Crippen LogP contribution in [-0.2, 0) is 19.4 Å². The number of thioether (sulfide) groups is 1. The van der Waals surface area contributed by atoms with Gasteiger partial charge in [0.05, 0.1) is 5.69 Å². The van der Waals surface area contributed by atoms with Crippen LogP contribution in [0.5, 0.6) is 0 Å². The number of aromatic nitrogens is 2. The fourth-order valence-corrected chi connectivity index (χ4v) is 3.67. The molecule has 6 heteroatoms. The van der Waals surface area contributed by atoms with Crippen molar-refractivity contribution in [3.8, 4) is 0 Å². The Morgan fingerprint density at radius 3 is 2.95 bits per heavy atom. The Morgan fingerprint density at radius 1 is 1.30 bits per heavy atom. The maximum Gasteiger partial charge on any atom is 0.191 e. The Kier molecular flexibility index (Phi) is 4.50. The number of aliphatic imine (C=N–C) groups is 1. The fraction of sp³-hybridized carbons (Fsp3) is 0.714. The third-order valence-corrected chi connectivity index (χ3v) is 4.88. The van der Waals surface area contributed by atoms with Gasteiger partial charge in [0.25, 0.3) is 0 Å². The lowest BCUT2D eigenvalue weighted by atomic mass is 10.2. The first kappa shape index (κ1) is 13.8. The van der Waals surface area contributed by atoms with E-state index in [9.17, 15) is 0 Å². The van der Waals surface area contributed by atoms with Crippen molar-refractivity contribution in [3.05, 3.63) is 17.7 Å². The number of aryl methyl sites for hydroxylation is 2. The summed E-state index contributed by atoms with van der Waals surface area (Å²) in [5.74, 6) is 4.26. The number of hydrogen-bond acceptors (Lipinski definition) is 3. The van der Waals surface area contributed by atoms with Gasteiger partial charge in [-0.1, -0.05) is 0 Å². The van der Waals surface area contributed by atoms with Gasteiger partial charge in [-0.15, -0.1) is 0 Å². The molecule has 0 saturated carbocycles. The average Bonchev–Trinajstić information content (AvgIpc) is 2.90. The van der Waals surface area contributed by atoms with Crippen molar-refractivity contribution < 1.29 is 0 Å². The molecule has 110 valence electrons. The van der Waals surface area contributed by atoms with E-state index in [4.69, 9.17) is 10.7 Å². The van der Waals surface area contributed by atoms with Crippen LogP contribution in [0.15, 0.2) is 11.2 Å². The van der Waals surface area contributed by atoms with Crippen LogP contribution in [-0.4, -0.2) is 51.6 Å². The highest BCUT2D eigenvalue weighted by Crippen LogP contribution is 2.15. The topological polar surface area (TPSA) is 59.4 Å². The van der Waals surface area contributed by atoms with Crippen LogP contribution in [0.3, 0.4) is 0 Å². The molecule has 0 aliphatic carbocycles. The number of nitrogens with two attached hydrogens (primary N) is 1. The van der Waals surface area contributed by atoms with Crippen LogP contribution in [0.2, 0.25) is 0 Å². The molecule has 0 aromatic carbocycles. The Bertz CT molecular complexity index is 452. The molecule has 0 spiro atoms. The number of rotatable bonds is 3. The molecule has 3 heterocycles. The maximum absolute atomic E-state index is 6.05. The van der Waals surface area contributed by atoms with Gasteiger partial charge in [-0.25, -0.2) is 4.98 Å². The highest BCUT2D eigenvalue weighted by molar-refractivity contribution is 7.99. The van der Waals surface area contributed by atoms with E-state index in [0.717, 1.165) is 56.2 Å². The zero-order valence-corrected chi connectivity index (χ0v) is 12.7. The van der Waals surface area contributed by atoms with E-state index in [0.29, 0.717) is 5.96 Å². The van der Waals surface area contributed by atoms with Crippen molar-refractivity contribution in [3.63, 3.8) is 0 Å². The number of guanidine groups is 1. The van der Waals surface area contributed by atoms with Crippen LogP contribution >= 0.6 is 11.8 Å². The smallest absolute Gasteiger partial charge is 0.191 e. The molecule has 0 bridgehead atoms. The van der Waals surface area contributed by atoms with Crippen molar-refractivity contribution in [2.24, 2.45) is 10.7 Å². The quantitative estimate of drug-likeness (QED) is 0.670. The second-order valence-corrected chi connectivity index (χ2v) is 6.61. The first-order chi connectivity index (χ1) is 9.83. The van der Waals surface area contributed by atoms with E-state index >= 15 is 0 Å². The van der Waals surface area contributed by atoms with E-state index in [-0.39, 0.29) is 0 Å². The molecular weight excluding hydrogens is 270 g/mol. The van der Waals surface area contributed by atoms with Crippen LogP contribution in [0.1, 0.15) is 24.4 Å². The molecule has 2 N–H and O–H groups in total. The lowest BCUT2D eigenvalue weighted by molar-refractivity contribution is 0.456. The predicted octanol–water partition coefficient (Wildman–Crippen LogP) is 1.13.